The molecule has 33 heavy (non-hydrogen) atoms. The molecule has 0 aliphatic heterocycles. The van der Waals surface area contributed by atoms with E-state index in [4.69, 9.17) is 0 Å². The lowest BCUT2D eigenvalue weighted by Crippen LogP contribution is -2.59. The predicted molar refractivity (Wildman–Crippen MR) is 128 cm³/mol. The van der Waals surface area contributed by atoms with Crippen LogP contribution in [0.4, 0.5) is 0 Å². The third-order valence-electron chi connectivity index (χ3n) is 9.14. The Bertz CT molecular complexity index is 971. The Hall–Kier alpha value is -2.62. The van der Waals surface area contributed by atoms with Crippen molar-refractivity contribution in [1.82, 2.24) is 0 Å². The van der Waals surface area contributed by atoms with Crippen LogP contribution in [0.5, 0.6) is 0 Å². The van der Waals surface area contributed by atoms with Crippen molar-refractivity contribution >= 4 is 11.9 Å². The number of carbonyl (C=O) groups is 2. The number of aliphatic carboxylic acids is 2. The van der Waals surface area contributed by atoms with Crippen molar-refractivity contribution in [2.75, 3.05) is 0 Å². The molecule has 0 spiro atoms. The van der Waals surface area contributed by atoms with Crippen molar-refractivity contribution in [3.63, 3.8) is 0 Å². The highest BCUT2D eigenvalue weighted by Gasteiger charge is 2.67. The summed E-state index contributed by atoms with van der Waals surface area (Å²) in [6, 6.07) is 16.9. The largest absolute Gasteiger partial charge is 0.481 e. The molecule has 4 heteroatoms. The summed E-state index contributed by atoms with van der Waals surface area (Å²) in [5.74, 6) is -1.53. The zero-order valence-corrected chi connectivity index (χ0v) is 19.3. The molecular weight excluding hydrogens is 412 g/mol. The molecule has 0 aromatic heterocycles. The van der Waals surface area contributed by atoms with Crippen molar-refractivity contribution in [3.8, 4) is 11.1 Å². The molecule has 4 nitrogen and oxygen atoms in total. The molecule has 5 rings (SSSR count). The van der Waals surface area contributed by atoms with E-state index in [9.17, 15) is 19.8 Å². The molecular formula is C29H34O4. The second-order valence-electron chi connectivity index (χ2n) is 10.7. The molecule has 3 aliphatic rings. The Balaban J connectivity index is 1.92. The van der Waals surface area contributed by atoms with Gasteiger partial charge in [0.2, 0.25) is 0 Å². The molecule has 174 valence electrons. The first-order chi connectivity index (χ1) is 16.0. The Morgan fingerprint density at radius 3 is 1.33 bits per heavy atom. The van der Waals surface area contributed by atoms with Crippen LogP contribution in [0.2, 0.25) is 0 Å². The van der Waals surface area contributed by atoms with Crippen LogP contribution in [0, 0.1) is 10.8 Å². The molecule has 3 aliphatic carbocycles. The average molecular weight is 447 g/mol. The predicted octanol–water partition coefficient (Wildman–Crippen LogP) is 6.80. The van der Waals surface area contributed by atoms with Crippen molar-refractivity contribution in [1.29, 1.82) is 0 Å². The molecule has 0 saturated heterocycles. The van der Waals surface area contributed by atoms with E-state index in [1.54, 1.807) is 0 Å². The van der Waals surface area contributed by atoms with E-state index in [2.05, 4.69) is 48.5 Å². The van der Waals surface area contributed by atoms with Crippen LogP contribution in [-0.2, 0) is 15.0 Å². The maximum atomic E-state index is 12.5. The Morgan fingerprint density at radius 2 is 0.970 bits per heavy atom. The summed E-state index contributed by atoms with van der Waals surface area (Å²) >= 11 is 0. The number of carboxylic acid groups (broad SMARTS) is 2. The molecule has 2 fully saturated rings. The third-order valence-corrected chi connectivity index (χ3v) is 9.14. The van der Waals surface area contributed by atoms with Crippen LogP contribution < -0.4 is 0 Å². The monoisotopic (exact) mass is 446 g/mol. The van der Waals surface area contributed by atoms with E-state index in [0.717, 1.165) is 64.2 Å². The van der Waals surface area contributed by atoms with Crippen LogP contribution in [-0.4, -0.2) is 22.2 Å². The van der Waals surface area contributed by atoms with Gasteiger partial charge in [0.1, 0.15) is 0 Å². The van der Waals surface area contributed by atoms with Crippen LogP contribution in [0.15, 0.2) is 48.5 Å². The van der Waals surface area contributed by atoms with Crippen LogP contribution in [0.25, 0.3) is 11.1 Å². The quantitative estimate of drug-likeness (QED) is 0.511. The zero-order chi connectivity index (χ0) is 23.1. The normalized spacial score (nSPS) is 22.2. The fraction of sp³-hybridized carbons (Fsp3) is 0.517. The van der Waals surface area contributed by atoms with E-state index < -0.39 is 28.2 Å². The fourth-order valence-corrected chi connectivity index (χ4v) is 8.35. The molecule has 0 radical (unpaired) electrons. The lowest BCUT2D eigenvalue weighted by molar-refractivity contribution is -0.149. The van der Waals surface area contributed by atoms with Crippen molar-refractivity contribution in [2.24, 2.45) is 10.8 Å². The zero-order valence-electron chi connectivity index (χ0n) is 19.3. The first kappa shape index (κ1) is 22.2. The maximum absolute atomic E-state index is 12.5. The number of benzene rings is 2. The van der Waals surface area contributed by atoms with Gasteiger partial charge in [0.25, 0.3) is 0 Å². The van der Waals surface area contributed by atoms with Gasteiger partial charge >= 0.3 is 11.9 Å². The van der Waals surface area contributed by atoms with E-state index in [-0.39, 0.29) is 12.8 Å². The van der Waals surface area contributed by atoms with Gasteiger partial charge in [0.05, 0.1) is 12.8 Å². The summed E-state index contributed by atoms with van der Waals surface area (Å²) in [4.78, 5) is 25.0. The minimum Gasteiger partial charge on any atom is -0.481 e. The van der Waals surface area contributed by atoms with Gasteiger partial charge in [-0.1, -0.05) is 87.1 Å². The third kappa shape index (κ3) is 3.17. The van der Waals surface area contributed by atoms with Gasteiger partial charge in [-0.15, -0.1) is 0 Å². The summed E-state index contributed by atoms with van der Waals surface area (Å²) in [5.41, 5.74) is 3.09. The highest BCUT2D eigenvalue weighted by Crippen LogP contribution is 2.72. The number of fused-ring (bicyclic) bond motifs is 3. The maximum Gasteiger partial charge on any atom is 0.303 e. The standard InChI is InChI=1S/C29H34O4/c30-25(31)19-27(15-7-1-8-16-27)29(28(20-26(32)33)17-9-2-10-18-28)23-13-5-3-11-21(23)22-12-4-6-14-24(22)29/h3-6,11-14H,1-2,7-10,15-20H2,(H,30,31)(H,32,33). The van der Waals surface area contributed by atoms with Crippen molar-refractivity contribution in [3.05, 3.63) is 59.7 Å². The summed E-state index contributed by atoms with van der Waals surface area (Å²) < 4.78 is 0. The Labute approximate surface area is 196 Å². The van der Waals surface area contributed by atoms with E-state index in [0.29, 0.717) is 0 Å². The SMILES string of the molecule is O=C(O)CC1(C2(C3(CC(=O)O)CCCCC3)c3ccccc3-c3ccccc32)CCCCC1. The lowest BCUT2D eigenvalue weighted by Gasteiger charge is -2.62. The number of carboxylic acids is 2. The van der Waals surface area contributed by atoms with Gasteiger partial charge < -0.3 is 10.2 Å². The molecule has 0 heterocycles. The molecule has 2 aromatic rings. The molecule has 0 unspecified atom stereocenters. The molecule has 2 saturated carbocycles. The highest BCUT2D eigenvalue weighted by atomic mass is 16.4. The molecule has 2 N–H and O–H groups in total. The van der Waals surface area contributed by atoms with Crippen LogP contribution in [0.3, 0.4) is 0 Å². The average Bonchev–Trinajstić information content (AvgIpc) is 3.12. The minimum absolute atomic E-state index is 0.0943. The van der Waals surface area contributed by atoms with E-state index in [1.165, 1.54) is 22.3 Å². The first-order valence-electron chi connectivity index (χ1n) is 12.6. The smallest absolute Gasteiger partial charge is 0.303 e. The van der Waals surface area contributed by atoms with Gasteiger partial charge in [-0.05, 0) is 58.8 Å². The topological polar surface area (TPSA) is 74.6 Å². The Morgan fingerprint density at radius 1 is 0.606 bits per heavy atom. The second-order valence-corrected chi connectivity index (χ2v) is 10.7. The molecule has 2 aromatic carbocycles. The summed E-state index contributed by atoms with van der Waals surface area (Å²) in [6.07, 6.45) is 9.78. The second kappa shape index (κ2) is 8.30. The lowest BCUT2D eigenvalue weighted by atomic mass is 9.40. The fourth-order valence-electron chi connectivity index (χ4n) is 8.35. The number of hydrogen-bond donors (Lipinski definition) is 2. The van der Waals surface area contributed by atoms with Crippen LogP contribution in [0.1, 0.15) is 88.2 Å². The van der Waals surface area contributed by atoms with E-state index >= 15 is 0 Å². The van der Waals surface area contributed by atoms with Crippen molar-refractivity contribution in [2.45, 2.75) is 82.5 Å². The van der Waals surface area contributed by atoms with Gasteiger partial charge in [0.15, 0.2) is 0 Å². The van der Waals surface area contributed by atoms with Gasteiger partial charge in [-0.2, -0.15) is 0 Å². The molecule has 0 amide bonds. The highest BCUT2D eigenvalue weighted by molar-refractivity contribution is 5.84. The minimum atomic E-state index is -0.764. The van der Waals surface area contributed by atoms with Gasteiger partial charge in [-0.3, -0.25) is 9.59 Å². The van der Waals surface area contributed by atoms with Crippen LogP contribution >= 0.6 is 0 Å². The summed E-state index contributed by atoms with van der Waals surface area (Å²) in [7, 11) is 0. The van der Waals surface area contributed by atoms with Crippen molar-refractivity contribution < 1.29 is 19.8 Å². The Kier molecular flexibility index (Phi) is 5.58. The molecule has 0 bridgehead atoms. The van der Waals surface area contributed by atoms with Gasteiger partial charge in [0, 0.05) is 5.41 Å². The molecule has 0 atom stereocenters. The summed E-state index contributed by atoms with van der Waals surface area (Å²) in [6.45, 7) is 0. The number of hydrogen-bond acceptors (Lipinski definition) is 2. The summed E-state index contributed by atoms with van der Waals surface area (Å²) in [5, 5.41) is 20.5. The van der Waals surface area contributed by atoms with E-state index in [1.807, 2.05) is 0 Å². The first-order valence-corrected chi connectivity index (χ1v) is 12.6. The van der Waals surface area contributed by atoms with Gasteiger partial charge in [-0.25, -0.2) is 0 Å². The number of rotatable bonds is 6.